The van der Waals surface area contributed by atoms with Gasteiger partial charge in [-0.15, -0.1) is 0 Å². The van der Waals surface area contributed by atoms with Gasteiger partial charge in [-0.2, -0.15) is 5.26 Å². The Labute approximate surface area is 304 Å². The van der Waals surface area contributed by atoms with Crippen molar-refractivity contribution in [3.63, 3.8) is 0 Å². The summed E-state index contributed by atoms with van der Waals surface area (Å²) in [7, 11) is 0. The van der Waals surface area contributed by atoms with E-state index in [1.807, 2.05) is 48.5 Å². The summed E-state index contributed by atoms with van der Waals surface area (Å²) in [6.45, 7) is 0. The molecule has 7 aromatic rings. The van der Waals surface area contributed by atoms with E-state index < -0.39 is 0 Å². The Kier molecular flexibility index (Phi) is 7.35. The van der Waals surface area contributed by atoms with Crippen LogP contribution in [0.1, 0.15) is 49.7 Å². The van der Waals surface area contributed by atoms with Gasteiger partial charge < -0.3 is 0 Å². The van der Waals surface area contributed by atoms with Crippen molar-refractivity contribution in [2.45, 2.75) is 43.9 Å². The third kappa shape index (κ3) is 5.40. The van der Waals surface area contributed by atoms with Gasteiger partial charge in [0.1, 0.15) is 0 Å². The molecule has 6 aromatic carbocycles. The molecule has 0 N–H and O–H groups in total. The van der Waals surface area contributed by atoms with Gasteiger partial charge in [0.05, 0.1) is 11.6 Å². The average molecular weight is 671 g/mol. The Bertz CT molecular complexity index is 2440. The van der Waals surface area contributed by atoms with Crippen LogP contribution in [0, 0.1) is 29.1 Å². The molecule has 4 aliphatic carbocycles. The molecule has 1 aromatic heterocycles. The molecule has 0 saturated heterocycles. The highest BCUT2D eigenvalue weighted by atomic mass is 15.0. The molecule has 1 heterocycles. The molecule has 0 radical (unpaired) electrons. The molecular weight excluding hydrogens is 633 g/mol. The molecule has 4 saturated carbocycles. The molecule has 0 unspecified atom stereocenters. The summed E-state index contributed by atoms with van der Waals surface area (Å²) >= 11 is 0. The van der Waals surface area contributed by atoms with E-state index in [-0.39, 0.29) is 0 Å². The fraction of sp³-hybridized carbons (Fsp3) is 0.208. The van der Waals surface area contributed by atoms with Crippen molar-refractivity contribution in [3.05, 3.63) is 151 Å². The number of hydrogen-bond donors (Lipinski definition) is 0. The van der Waals surface area contributed by atoms with Gasteiger partial charge in [0.15, 0.2) is 17.5 Å². The fourth-order valence-electron chi connectivity index (χ4n) is 10.1. The Morgan fingerprint density at radius 1 is 0.462 bits per heavy atom. The second kappa shape index (κ2) is 12.4. The summed E-state index contributed by atoms with van der Waals surface area (Å²) in [4.78, 5) is 15.3. The molecule has 4 aliphatic rings. The third-order valence-corrected chi connectivity index (χ3v) is 12.1. The molecule has 4 nitrogen and oxygen atoms in total. The van der Waals surface area contributed by atoms with E-state index in [9.17, 15) is 5.26 Å². The molecule has 250 valence electrons. The van der Waals surface area contributed by atoms with Crippen LogP contribution in [-0.2, 0) is 5.41 Å². The first kappa shape index (κ1) is 30.9. The first-order valence-electron chi connectivity index (χ1n) is 18.7. The summed E-state index contributed by atoms with van der Waals surface area (Å²) in [6.07, 6.45) is 8.39. The van der Waals surface area contributed by atoms with Crippen LogP contribution in [-0.4, -0.2) is 15.0 Å². The van der Waals surface area contributed by atoms with Crippen LogP contribution in [0.25, 0.3) is 67.2 Å². The Hall–Kier alpha value is -5.92. The third-order valence-electron chi connectivity index (χ3n) is 12.1. The van der Waals surface area contributed by atoms with E-state index in [1.54, 1.807) is 0 Å². The van der Waals surface area contributed by atoms with Crippen LogP contribution in [0.15, 0.2) is 140 Å². The van der Waals surface area contributed by atoms with Crippen LogP contribution in [0.5, 0.6) is 0 Å². The highest BCUT2D eigenvalue weighted by molar-refractivity contribution is 6.01. The van der Waals surface area contributed by atoms with Gasteiger partial charge in [-0.05, 0) is 113 Å². The zero-order chi connectivity index (χ0) is 34.6. The Morgan fingerprint density at radius 3 is 1.58 bits per heavy atom. The van der Waals surface area contributed by atoms with E-state index in [2.05, 4.69) is 97.1 Å². The number of nitrogens with zero attached hydrogens (tertiary/aromatic N) is 4. The van der Waals surface area contributed by atoms with Crippen molar-refractivity contribution in [1.82, 2.24) is 15.0 Å². The summed E-state index contributed by atoms with van der Waals surface area (Å²) in [5.41, 5.74) is 9.72. The normalized spacial score (nSPS) is 21.6. The van der Waals surface area contributed by atoms with Crippen molar-refractivity contribution >= 4 is 10.8 Å². The van der Waals surface area contributed by atoms with Gasteiger partial charge in [-0.25, -0.2) is 15.0 Å². The van der Waals surface area contributed by atoms with E-state index in [0.29, 0.717) is 28.5 Å². The number of nitriles is 1. The molecule has 0 amide bonds. The summed E-state index contributed by atoms with van der Waals surface area (Å²) < 4.78 is 0. The lowest BCUT2D eigenvalue weighted by Crippen LogP contribution is -2.48. The summed E-state index contributed by atoms with van der Waals surface area (Å²) in [6, 6.07) is 51.0. The smallest absolute Gasteiger partial charge is 0.164 e. The van der Waals surface area contributed by atoms with Crippen molar-refractivity contribution in [3.8, 4) is 62.5 Å². The fourth-order valence-corrected chi connectivity index (χ4v) is 10.1. The predicted molar refractivity (Wildman–Crippen MR) is 209 cm³/mol. The second-order valence-electron chi connectivity index (χ2n) is 15.4. The standard InChI is InChI=1S/C48H38N4/c49-30-39-12-7-13-42-43(39)25-40(36-18-20-41(21-19-36)48-27-31-22-32(28-48)24-33(23-31)29-48)26-44(42)47-51-45(37-10-5-2-6-11-37)50-46(52-47)38-16-14-35(15-17-38)34-8-3-1-4-9-34/h1-21,25-26,31-33H,22-24,27-29H2. The topological polar surface area (TPSA) is 62.5 Å². The van der Waals surface area contributed by atoms with E-state index in [0.717, 1.165) is 67.5 Å². The van der Waals surface area contributed by atoms with Crippen molar-refractivity contribution in [1.29, 1.82) is 5.26 Å². The van der Waals surface area contributed by atoms with E-state index >= 15 is 0 Å². The minimum atomic E-state index is 0.351. The number of rotatable bonds is 6. The molecule has 4 heteroatoms. The minimum absolute atomic E-state index is 0.351. The summed E-state index contributed by atoms with van der Waals surface area (Å²) in [5.74, 6) is 4.53. The number of hydrogen-bond acceptors (Lipinski definition) is 4. The molecule has 0 spiro atoms. The Balaban J connectivity index is 1.10. The minimum Gasteiger partial charge on any atom is -0.208 e. The number of aromatic nitrogens is 3. The SMILES string of the molecule is N#Cc1cccc2c(-c3nc(-c4ccccc4)nc(-c4ccc(-c5ccccc5)cc4)n3)cc(-c3ccc(C45CC6CC(CC(C6)C4)C5)cc3)cc12. The maximum Gasteiger partial charge on any atom is 0.164 e. The zero-order valence-corrected chi connectivity index (χ0v) is 29.0. The first-order valence-corrected chi connectivity index (χ1v) is 18.7. The maximum atomic E-state index is 10.2. The van der Waals surface area contributed by atoms with Gasteiger partial charge in [0.25, 0.3) is 0 Å². The monoisotopic (exact) mass is 670 g/mol. The Morgan fingerprint density at radius 2 is 0.962 bits per heavy atom. The van der Waals surface area contributed by atoms with Crippen LogP contribution in [0.3, 0.4) is 0 Å². The van der Waals surface area contributed by atoms with Crippen molar-refractivity contribution in [2.75, 3.05) is 0 Å². The zero-order valence-electron chi connectivity index (χ0n) is 29.0. The molecule has 0 aliphatic heterocycles. The predicted octanol–water partition coefficient (Wildman–Crippen LogP) is 11.7. The van der Waals surface area contributed by atoms with Crippen molar-refractivity contribution in [2.24, 2.45) is 17.8 Å². The second-order valence-corrected chi connectivity index (χ2v) is 15.4. The number of benzene rings is 6. The molecular formula is C48H38N4. The van der Waals surface area contributed by atoms with Gasteiger partial charge in [-0.3, -0.25) is 0 Å². The van der Waals surface area contributed by atoms with E-state index in [4.69, 9.17) is 15.0 Å². The lowest BCUT2D eigenvalue weighted by molar-refractivity contribution is -0.00518. The lowest BCUT2D eigenvalue weighted by atomic mass is 9.48. The maximum absolute atomic E-state index is 10.2. The lowest BCUT2D eigenvalue weighted by Gasteiger charge is -2.57. The van der Waals surface area contributed by atoms with Gasteiger partial charge in [0.2, 0.25) is 0 Å². The van der Waals surface area contributed by atoms with Crippen LogP contribution in [0.4, 0.5) is 0 Å². The van der Waals surface area contributed by atoms with Gasteiger partial charge in [-0.1, -0.05) is 121 Å². The van der Waals surface area contributed by atoms with E-state index in [1.165, 1.54) is 44.1 Å². The van der Waals surface area contributed by atoms with Crippen molar-refractivity contribution < 1.29 is 0 Å². The largest absolute Gasteiger partial charge is 0.208 e. The average Bonchev–Trinajstić information content (AvgIpc) is 3.20. The van der Waals surface area contributed by atoms with Gasteiger partial charge in [0, 0.05) is 22.1 Å². The van der Waals surface area contributed by atoms with Gasteiger partial charge >= 0.3 is 0 Å². The molecule has 4 fully saturated rings. The highest BCUT2D eigenvalue weighted by Crippen LogP contribution is 2.60. The van der Waals surface area contributed by atoms with Crippen LogP contribution >= 0.6 is 0 Å². The molecule has 0 atom stereocenters. The molecule has 11 rings (SSSR count). The molecule has 52 heavy (non-hydrogen) atoms. The quantitative estimate of drug-likeness (QED) is 0.177. The van der Waals surface area contributed by atoms with Crippen LogP contribution in [0.2, 0.25) is 0 Å². The first-order chi connectivity index (χ1) is 25.6. The summed E-state index contributed by atoms with van der Waals surface area (Å²) in [5, 5.41) is 12.1. The highest BCUT2D eigenvalue weighted by Gasteiger charge is 2.51. The molecule has 4 bridgehead atoms. The number of fused-ring (bicyclic) bond motifs is 1. The van der Waals surface area contributed by atoms with Crippen LogP contribution < -0.4 is 0 Å².